The zero-order valence-electron chi connectivity index (χ0n) is 9.00. The van der Waals surface area contributed by atoms with Gasteiger partial charge in [0.25, 0.3) is 0 Å². The molecule has 0 atom stereocenters. The van der Waals surface area contributed by atoms with Crippen LogP contribution in [0.3, 0.4) is 0 Å². The largest absolute Gasteiger partial charge is 0.397 e. The van der Waals surface area contributed by atoms with Crippen molar-refractivity contribution in [2.24, 2.45) is 0 Å². The van der Waals surface area contributed by atoms with E-state index in [1.165, 1.54) is 3.57 Å². The van der Waals surface area contributed by atoms with E-state index in [-0.39, 0.29) is 0 Å². The fraction of sp³-hybridized carbons (Fsp3) is 0.0769. The number of anilines is 3. The number of nitrogens with two attached hydrogens (primary N) is 1. The lowest BCUT2D eigenvalue weighted by molar-refractivity contribution is 1.45. The lowest BCUT2D eigenvalue weighted by atomic mass is 10.1. The van der Waals surface area contributed by atoms with Gasteiger partial charge in [-0.2, -0.15) is 0 Å². The van der Waals surface area contributed by atoms with Crippen molar-refractivity contribution in [3.63, 3.8) is 0 Å². The molecule has 0 aliphatic heterocycles. The quantitative estimate of drug-likeness (QED) is 0.649. The van der Waals surface area contributed by atoms with Crippen molar-refractivity contribution in [2.75, 3.05) is 11.1 Å². The van der Waals surface area contributed by atoms with E-state index in [4.69, 9.17) is 5.73 Å². The molecule has 0 aliphatic rings. The highest BCUT2D eigenvalue weighted by atomic mass is 127. The van der Waals surface area contributed by atoms with E-state index in [9.17, 15) is 0 Å². The van der Waals surface area contributed by atoms with Gasteiger partial charge >= 0.3 is 0 Å². The van der Waals surface area contributed by atoms with E-state index in [1.54, 1.807) is 0 Å². The summed E-state index contributed by atoms with van der Waals surface area (Å²) >= 11 is 2.29. The summed E-state index contributed by atoms with van der Waals surface area (Å²) in [5.74, 6) is 0. The lowest BCUT2D eigenvalue weighted by Gasteiger charge is -2.11. The Bertz CT molecular complexity index is 492. The van der Waals surface area contributed by atoms with Crippen LogP contribution in [0.4, 0.5) is 17.1 Å². The molecule has 3 N–H and O–H groups in total. The van der Waals surface area contributed by atoms with Gasteiger partial charge in [0.2, 0.25) is 0 Å². The first-order valence-electron chi connectivity index (χ1n) is 5.04. The Morgan fingerprint density at radius 1 is 1.06 bits per heavy atom. The number of hydrogen-bond acceptors (Lipinski definition) is 2. The topological polar surface area (TPSA) is 38.0 Å². The second-order valence-electron chi connectivity index (χ2n) is 3.67. The van der Waals surface area contributed by atoms with Crippen molar-refractivity contribution in [3.05, 3.63) is 51.6 Å². The highest BCUT2D eigenvalue weighted by Crippen LogP contribution is 2.25. The molecule has 2 nitrogen and oxygen atoms in total. The van der Waals surface area contributed by atoms with E-state index in [0.29, 0.717) is 0 Å². The summed E-state index contributed by atoms with van der Waals surface area (Å²) in [7, 11) is 0. The van der Waals surface area contributed by atoms with E-state index in [1.807, 2.05) is 37.3 Å². The van der Waals surface area contributed by atoms with Crippen LogP contribution in [0.25, 0.3) is 0 Å². The summed E-state index contributed by atoms with van der Waals surface area (Å²) in [6.07, 6.45) is 0. The number of para-hydroxylation sites is 1. The minimum absolute atomic E-state index is 0.807. The maximum atomic E-state index is 6.00. The molecular formula is C13H13IN2. The molecule has 0 unspecified atom stereocenters. The molecule has 0 heterocycles. The fourth-order valence-electron chi connectivity index (χ4n) is 1.48. The van der Waals surface area contributed by atoms with Crippen molar-refractivity contribution < 1.29 is 0 Å². The van der Waals surface area contributed by atoms with Crippen molar-refractivity contribution in [1.29, 1.82) is 0 Å². The Kier molecular flexibility index (Phi) is 3.33. The van der Waals surface area contributed by atoms with E-state index < -0.39 is 0 Å². The SMILES string of the molecule is Cc1cccc(Nc2ccc(I)cc2)c1N. The highest BCUT2D eigenvalue weighted by molar-refractivity contribution is 14.1. The van der Waals surface area contributed by atoms with Gasteiger partial charge in [-0.05, 0) is 65.4 Å². The summed E-state index contributed by atoms with van der Waals surface area (Å²) in [6, 6.07) is 14.2. The standard InChI is InChI=1S/C13H13IN2/c1-9-3-2-4-12(13(9)15)16-11-7-5-10(14)6-8-11/h2-8,16H,15H2,1H3. The Morgan fingerprint density at radius 3 is 2.44 bits per heavy atom. The van der Waals surface area contributed by atoms with Crippen LogP contribution in [-0.4, -0.2) is 0 Å². The molecule has 0 aliphatic carbocycles. The third kappa shape index (κ3) is 2.47. The highest BCUT2D eigenvalue weighted by Gasteiger charge is 2.01. The van der Waals surface area contributed by atoms with Gasteiger partial charge < -0.3 is 11.1 Å². The van der Waals surface area contributed by atoms with Gasteiger partial charge in [-0.3, -0.25) is 0 Å². The van der Waals surface area contributed by atoms with Gasteiger partial charge in [0.1, 0.15) is 0 Å². The molecule has 16 heavy (non-hydrogen) atoms. The second-order valence-corrected chi connectivity index (χ2v) is 4.91. The van der Waals surface area contributed by atoms with Crippen molar-refractivity contribution in [3.8, 4) is 0 Å². The van der Waals surface area contributed by atoms with Crippen LogP contribution in [0.15, 0.2) is 42.5 Å². The number of benzene rings is 2. The van der Waals surface area contributed by atoms with Gasteiger partial charge in [-0.1, -0.05) is 12.1 Å². The molecule has 0 aromatic heterocycles. The molecule has 2 rings (SSSR count). The summed E-state index contributed by atoms with van der Waals surface area (Å²) in [5.41, 5.74) is 9.91. The summed E-state index contributed by atoms with van der Waals surface area (Å²) < 4.78 is 1.22. The van der Waals surface area contributed by atoms with Crippen molar-refractivity contribution >= 4 is 39.7 Å². The summed E-state index contributed by atoms with van der Waals surface area (Å²) in [6.45, 7) is 2.01. The minimum Gasteiger partial charge on any atom is -0.397 e. The van der Waals surface area contributed by atoms with Crippen molar-refractivity contribution in [1.82, 2.24) is 0 Å². The third-order valence-electron chi connectivity index (χ3n) is 2.45. The molecule has 2 aromatic rings. The van der Waals surface area contributed by atoms with Gasteiger partial charge in [0.05, 0.1) is 11.4 Å². The smallest absolute Gasteiger partial charge is 0.0620 e. The van der Waals surface area contributed by atoms with Crippen LogP contribution >= 0.6 is 22.6 Å². The van der Waals surface area contributed by atoms with E-state index >= 15 is 0 Å². The van der Waals surface area contributed by atoms with Crippen LogP contribution in [-0.2, 0) is 0 Å². The molecule has 82 valence electrons. The summed E-state index contributed by atoms with van der Waals surface area (Å²) in [5, 5.41) is 3.31. The van der Waals surface area contributed by atoms with Crippen LogP contribution in [0, 0.1) is 10.5 Å². The van der Waals surface area contributed by atoms with Crippen LogP contribution < -0.4 is 11.1 Å². The Hall–Kier alpha value is -1.23. The molecule has 0 radical (unpaired) electrons. The number of nitrogen functional groups attached to an aromatic ring is 1. The normalized spacial score (nSPS) is 10.1. The molecular weight excluding hydrogens is 311 g/mol. The zero-order valence-corrected chi connectivity index (χ0v) is 11.2. The minimum atomic E-state index is 0.807. The molecule has 2 aromatic carbocycles. The van der Waals surface area contributed by atoms with Crippen LogP contribution in [0.2, 0.25) is 0 Å². The van der Waals surface area contributed by atoms with Crippen LogP contribution in [0.5, 0.6) is 0 Å². The first kappa shape index (κ1) is 11.3. The lowest BCUT2D eigenvalue weighted by Crippen LogP contribution is -1.98. The predicted octanol–water partition coefficient (Wildman–Crippen LogP) is 3.93. The van der Waals surface area contributed by atoms with Gasteiger partial charge in [0, 0.05) is 9.26 Å². The van der Waals surface area contributed by atoms with Crippen LogP contribution in [0.1, 0.15) is 5.56 Å². The first-order chi connectivity index (χ1) is 7.66. The average Bonchev–Trinajstić information content (AvgIpc) is 2.28. The maximum absolute atomic E-state index is 6.00. The summed E-state index contributed by atoms with van der Waals surface area (Å²) in [4.78, 5) is 0. The molecule has 0 spiro atoms. The Balaban J connectivity index is 2.27. The molecule has 3 heteroatoms. The number of nitrogens with one attached hydrogen (secondary N) is 1. The fourth-order valence-corrected chi connectivity index (χ4v) is 1.84. The number of rotatable bonds is 2. The molecule has 0 saturated heterocycles. The third-order valence-corrected chi connectivity index (χ3v) is 3.17. The molecule has 0 amide bonds. The monoisotopic (exact) mass is 324 g/mol. The molecule has 0 bridgehead atoms. The maximum Gasteiger partial charge on any atom is 0.0620 e. The first-order valence-corrected chi connectivity index (χ1v) is 6.12. The Morgan fingerprint density at radius 2 is 1.75 bits per heavy atom. The Labute approximate surface area is 109 Å². The number of aryl methyl sites for hydroxylation is 1. The zero-order chi connectivity index (χ0) is 11.5. The van der Waals surface area contributed by atoms with Gasteiger partial charge in [-0.25, -0.2) is 0 Å². The molecule has 0 saturated carbocycles. The van der Waals surface area contributed by atoms with Crippen molar-refractivity contribution in [2.45, 2.75) is 6.92 Å². The average molecular weight is 324 g/mol. The van der Waals surface area contributed by atoms with Gasteiger partial charge in [-0.15, -0.1) is 0 Å². The predicted molar refractivity (Wildman–Crippen MR) is 78.0 cm³/mol. The second kappa shape index (κ2) is 4.74. The number of halogens is 1. The van der Waals surface area contributed by atoms with Gasteiger partial charge in [0.15, 0.2) is 0 Å². The van der Waals surface area contributed by atoms with E-state index in [2.05, 4.69) is 40.0 Å². The van der Waals surface area contributed by atoms with E-state index in [0.717, 1.165) is 22.6 Å². The number of hydrogen-bond donors (Lipinski definition) is 2. The molecule has 0 fully saturated rings.